The predicted molar refractivity (Wildman–Crippen MR) is 94.5 cm³/mol. The number of amides is 1. The Morgan fingerprint density at radius 1 is 1.19 bits per heavy atom. The molecule has 6 heteroatoms. The molecule has 0 radical (unpaired) electrons. The third-order valence-electron chi connectivity index (χ3n) is 4.21. The van der Waals surface area contributed by atoms with Gasteiger partial charge in [-0.3, -0.25) is 4.79 Å². The third kappa shape index (κ3) is 9.56. The minimum atomic E-state index is -0.358. The van der Waals surface area contributed by atoms with E-state index in [0.29, 0.717) is 0 Å². The van der Waals surface area contributed by atoms with Crippen molar-refractivity contribution in [3.05, 3.63) is 0 Å². The molecule has 0 aromatic heterocycles. The van der Waals surface area contributed by atoms with Gasteiger partial charge in [0.2, 0.25) is 5.91 Å². The summed E-state index contributed by atoms with van der Waals surface area (Å²) in [6, 6.07) is -0.358. The maximum absolute atomic E-state index is 11.8. The van der Waals surface area contributed by atoms with Gasteiger partial charge in [0.15, 0.2) is 0 Å². The molecule has 1 aliphatic rings. The number of hydrogen-bond donors (Lipinski definition) is 2. The Morgan fingerprint density at radius 2 is 1.76 bits per heavy atom. The average molecular weight is 342 g/mol. The molecule has 0 bridgehead atoms. The minimum Gasteiger partial charge on any atom is -0.355 e. The zero-order valence-electron chi connectivity index (χ0n) is 13.5. The second-order valence-electron chi connectivity index (χ2n) is 5.81. The Labute approximate surface area is 142 Å². The number of nitrogens with two attached hydrogens (primary N) is 1. The molecule has 0 aromatic carbocycles. The molecule has 0 aliphatic carbocycles. The number of rotatable bonds is 7. The van der Waals surface area contributed by atoms with Gasteiger partial charge < -0.3 is 16.0 Å². The fourth-order valence-corrected chi connectivity index (χ4v) is 2.50. The summed E-state index contributed by atoms with van der Waals surface area (Å²) in [6.45, 7) is 8.39. The second-order valence-corrected chi connectivity index (χ2v) is 5.81. The van der Waals surface area contributed by atoms with Gasteiger partial charge in [-0.25, -0.2) is 0 Å². The molecule has 0 spiro atoms. The van der Waals surface area contributed by atoms with E-state index in [4.69, 9.17) is 5.73 Å². The zero-order chi connectivity index (χ0) is 14.1. The summed E-state index contributed by atoms with van der Waals surface area (Å²) >= 11 is 0. The summed E-state index contributed by atoms with van der Waals surface area (Å²) < 4.78 is 0. The molecular formula is C15H33Cl2N3O. The predicted octanol–water partition coefficient (Wildman–Crippen LogP) is 2.59. The molecule has 1 rings (SSSR count). The highest BCUT2D eigenvalue weighted by molar-refractivity contribution is 5.85. The Morgan fingerprint density at radius 3 is 2.29 bits per heavy atom. The topological polar surface area (TPSA) is 58.4 Å². The summed E-state index contributed by atoms with van der Waals surface area (Å²) in [5.74, 6) is 0.260. The van der Waals surface area contributed by atoms with E-state index in [1.165, 1.54) is 38.8 Å². The lowest BCUT2D eigenvalue weighted by Crippen LogP contribution is -2.45. The van der Waals surface area contributed by atoms with Crippen LogP contribution in [-0.4, -0.2) is 43.0 Å². The van der Waals surface area contributed by atoms with Crippen molar-refractivity contribution in [3.8, 4) is 0 Å². The normalized spacial score (nSPS) is 18.6. The van der Waals surface area contributed by atoms with Crippen LogP contribution in [0.1, 0.15) is 52.4 Å². The van der Waals surface area contributed by atoms with E-state index in [9.17, 15) is 4.79 Å². The van der Waals surface area contributed by atoms with Gasteiger partial charge in [0.1, 0.15) is 0 Å². The van der Waals surface area contributed by atoms with Gasteiger partial charge >= 0.3 is 0 Å². The lowest BCUT2D eigenvalue weighted by molar-refractivity contribution is -0.123. The lowest BCUT2D eigenvalue weighted by atomic mass is 9.99. The van der Waals surface area contributed by atoms with Gasteiger partial charge in [-0.2, -0.15) is 0 Å². The molecule has 4 nitrogen and oxygen atoms in total. The number of nitrogens with one attached hydrogen (secondary N) is 1. The van der Waals surface area contributed by atoms with Crippen molar-refractivity contribution in [2.24, 2.45) is 11.7 Å². The van der Waals surface area contributed by atoms with Crippen LogP contribution in [0.3, 0.4) is 0 Å². The van der Waals surface area contributed by atoms with Crippen LogP contribution in [0, 0.1) is 5.92 Å². The van der Waals surface area contributed by atoms with Crippen LogP contribution >= 0.6 is 24.8 Å². The fraction of sp³-hybridized carbons (Fsp3) is 0.933. The molecule has 0 saturated carbocycles. The monoisotopic (exact) mass is 341 g/mol. The first-order chi connectivity index (χ1) is 9.15. The summed E-state index contributed by atoms with van der Waals surface area (Å²) in [7, 11) is 0. The molecule has 1 amide bonds. The lowest BCUT2D eigenvalue weighted by Gasteiger charge is -2.21. The standard InChI is InChI=1S/C15H31N3O.2ClH/c1-3-13(2)14(16)15(19)17-9-8-12-18-10-6-4-5-7-11-18;;/h13-14H,3-12,16H2,1-2H3,(H,17,19);2*1H. The molecule has 3 N–H and O–H groups in total. The van der Waals surface area contributed by atoms with Crippen LogP contribution in [0.15, 0.2) is 0 Å². The zero-order valence-corrected chi connectivity index (χ0v) is 15.1. The number of carbonyl (C=O) groups is 1. The Hall–Kier alpha value is -0.0300. The third-order valence-corrected chi connectivity index (χ3v) is 4.21. The molecule has 128 valence electrons. The van der Waals surface area contributed by atoms with Gasteiger partial charge in [0.05, 0.1) is 6.04 Å². The second kappa shape index (κ2) is 13.6. The van der Waals surface area contributed by atoms with Crippen molar-refractivity contribution in [1.82, 2.24) is 10.2 Å². The smallest absolute Gasteiger partial charge is 0.237 e. The van der Waals surface area contributed by atoms with Gasteiger partial charge in [0.25, 0.3) is 0 Å². The van der Waals surface area contributed by atoms with Gasteiger partial charge in [-0.05, 0) is 44.8 Å². The quantitative estimate of drug-likeness (QED) is 0.699. The maximum Gasteiger partial charge on any atom is 0.237 e. The van der Waals surface area contributed by atoms with Crippen molar-refractivity contribution < 1.29 is 4.79 Å². The van der Waals surface area contributed by atoms with Crippen LogP contribution in [0.4, 0.5) is 0 Å². The van der Waals surface area contributed by atoms with Crippen molar-refractivity contribution in [2.45, 2.75) is 58.4 Å². The van der Waals surface area contributed by atoms with E-state index in [2.05, 4.69) is 17.1 Å². The Balaban J connectivity index is 0. The number of hydrogen-bond acceptors (Lipinski definition) is 3. The molecule has 1 saturated heterocycles. The first kappa shape index (κ1) is 23.2. The largest absolute Gasteiger partial charge is 0.355 e. The van der Waals surface area contributed by atoms with E-state index >= 15 is 0 Å². The maximum atomic E-state index is 11.8. The number of likely N-dealkylation sites (tertiary alicyclic amines) is 1. The van der Waals surface area contributed by atoms with Gasteiger partial charge in [0, 0.05) is 6.54 Å². The summed E-state index contributed by atoms with van der Waals surface area (Å²) in [5.41, 5.74) is 5.89. The van der Waals surface area contributed by atoms with Crippen LogP contribution in [0.5, 0.6) is 0 Å². The van der Waals surface area contributed by atoms with E-state index in [1.54, 1.807) is 0 Å². The van der Waals surface area contributed by atoms with E-state index in [1.807, 2.05) is 6.92 Å². The first-order valence-corrected chi connectivity index (χ1v) is 7.90. The van der Waals surface area contributed by atoms with Crippen molar-refractivity contribution in [2.75, 3.05) is 26.2 Å². The molecule has 0 aromatic rings. The van der Waals surface area contributed by atoms with E-state index in [0.717, 1.165) is 25.9 Å². The summed E-state index contributed by atoms with van der Waals surface area (Å²) in [6.07, 6.45) is 7.37. The van der Waals surface area contributed by atoms with Crippen LogP contribution < -0.4 is 11.1 Å². The van der Waals surface area contributed by atoms with E-state index in [-0.39, 0.29) is 42.7 Å². The number of carbonyl (C=O) groups excluding carboxylic acids is 1. The minimum absolute atomic E-state index is 0. The fourth-order valence-electron chi connectivity index (χ4n) is 2.50. The molecule has 1 fully saturated rings. The Kier molecular flexibility index (Phi) is 15.1. The number of halogens is 2. The van der Waals surface area contributed by atoms with E-state index < -0.39 is 0 Å². The molecular weight excluding hydrogens is 309 g/mol. The summed E-state index contributed by atoms with van der Waals surface area (Å²) in [4.78, 5) is 14.3. The van der Waals surface area contributed by atoms with Crippen LogP contribution in [-0.2, 0) is 4.79 Å². The molecule has 21 heavy (non-hydrogen) atoms. The van der Waals surface area contributed by atoms with Crippen molar-refractivity contribution in [3.63, 3.8) is 0 Å². The first-order valence-electron chi connectivity index (χ1n) is 7.90. The number of nitrogens with zero attached hydrogens (tertiary/aromatic N) is 1. The highest BCUT2D eigenvalue weighted by Gasteiger charge is 2.18. The molecule has 1 heterocycles. The molecule has 2 atom stereocenters. The van der Waals surface area contributed by atoms with Crippen molar-refractivity contribution in [1.29, 1.82) is 0 Å². The molecule has 2 unspecified atom stereocenters. The molecule has 1 aliphatic heterocycles. The van der Waals surface area contributed by atoms with Gasteiger partial charge in [-0.1, -0.05) is 33.1 Å². The summed E-state index contributed by atoms with van der Waals surface area (Å²) in [5, 5.41) is 2.96. The van der Waals surface area contributed by atoms with Crippen LogP contribution in [0.2, 0.25) is 0 Å². The van der Waals surface area contributed by atoms with Crippen LogP contribution in [0.25, 0.3) is 0 Å². The van der Waals surface area contributed by atoms with Gasteiger partial charge in [-0.15, -0.1) is 24.8 Å². The SMILES string of the molecule is CCC(C)C(N)C(=O)NCCCN1CCCCCC1.Cl.Cl. The average Bonchev–Trinajstić information content (AvgIpc) is 2.70. The highest BCUT2D eigenvalue weighted by Crippen LogP contribution is 2.09. The van der Waals surface area contributed by atoms with Crippen molar-refractivity contribution >= 4 is 30.7 Å². The Bertz CT molecular complexity index is 259. The highest BCUT2D eigenvalue weighted by atomic mass is 35.5.